The van der Waals surface area contributed by atoms with Crippen LogP contribution in [0.25, 0.3) is 11.4 Å². The van der Waals surface area contributed by atoms with Crippen molar-refractivity contribution in [2.75, 3.05) is 14.2 Å². The molecule has 172 valence electrons. The van der Waals surface area contributed by atoms with Crippen LogP contribution in [0, 0.1) is 0 Å². The van der Waals surface area contributed by atoms with Gasteiger partial charge < -0.3 is 9.47 Å². The first-order chi connectivity index (χ1) is 16.6. The van der Waals surface area contributed by atoms with Crippen molar-refractivity contribution in [2.45, 2.75) is 6.54 Å². The minimum atomic E-state index is -0.535. The minimum Gasteiger partial charge on any atom is -0.493 e. The summed E-state index contributed by atoms with van der Waals surface area (Å²) in [5.74, 6) is 0.229. The van der Waals surface area contributed by atoms with E-state index in [4.69, 9.17) is 9.47 Å². The molecule has 0 fully saturated rings. The lowest BCUT2D eigenvalue weighted by molar-refractivity contribution is 0.0844. The molecule has 1 heterocycles. The van der Waals surface area contributed by atoms with Gasteiger partial charge in [0.05, 0.1) is 26.3 Å². The van der Waals surface area contributed by atoms with Crippen molar-refractivity contribution in [1.29, 1.82) is 0 Å². The molecule has 0 aliphatic carbocycles. The molecule has 0 aliphatic heterocycles. The predicted molar refractivity (Wildman–Crippen MR) is 123 cm³/mol. The zero-order chi connectivity index (χ0) is 23.9. The Kier molecular flexibility index (Phi) is 6.78. The Hall–Kier alpha value is -4.73. The fourth-order valence-corrected chi connectivity index (χ4v) is 3.26. The molecule has 0 unspecified atom stereocenters. The normalized spacial score (nSPS) is 10.4. The summed E-state index contributed by atoms with van der Waals surface area (Å²) < 4.78 is 10.4. The van der Waals surface area contributed by atoms with Crippen molar-refractivity contribution < 1.29 is 19.1 Å². The average Bonchev–Trinajstić information content (AvgIpc) is 3.36. The van der Waals surface area contributed by atoms with Gasteiger partial charge in [-0.25, -0.2) is 0 Å². The molecule has 10 nitrogen and oxygen atoms in total. The van der Waals surface area contributed by atoms with Crippen LogP contribution in [0.1, 0.15) is 26.3 Å². The number of carbonyl (C=O) groups is 2. The molecular formula is C24H22N6O4. The van der Waals surface area contributed by atoms with E-state index < -0.39 is 11.8 Å². The first kappa shape index (κ1) is 22.5. The van der Waals surface area contributed by atoms with Gasteiger partial charge in [-0.05, 0) is 35.0 Å². The number of aromatic nitrogens is 4. The van der Waals surface area contributed by atoms with Gasteiger partial charge in [-0.3, -0.25) is 20.4 Å². The maximum Gasteiger partial charge on any atom is 0.273 e. The lowest BCUT2D eigenvalue weighted by Crippen LogP contribution is -2.41. The second kappa shape index (κ2) is 10.3. The standard InChI is InChI=1S/C24H22N6O4/c1-33-20-10-6-9-19(21(20)34-2)24(32)27-26-23(31)18-13-11-16(12-14-18)15-30-28-22(25-29-30)17-7-4-3-5-8-17/h3-14H,15H2,1-2H3,(H,26,31)(H,27,32). The fourth-order valence-electron chi connectivity index (χ4n) is 3.26. The molecule has 34 heavy (non-hydrogen) atoms. The SMILES string of the molecule is COc1cccc(C(=O)NNC(=O)c2ccc(Cn3nnc(-c4ccccc4)n3)cc2)c1OC. The number of ether oxygens (including phenoxy) is 2. The number of nitrogens with one attached hydrogen (secondary N) is 2. The summed E-state index contributed by atoms with van der Waals surface area (Å²) in [5.41, 5.74) is 7.17. The lowest BCUT2D eigenvalue weighted by Gasteiger charge is -2.13. The van der Waals surface area contributed by atoms with Crippen LogP contribution in [0.4, 0.5) is 0 Å². The molecule has 1 aromatic heterocycles. The molecule has 4 rings (SSSR count). The monoisotopic (exact) mass is 458 g/mol. The van der Waals surface area contributed by atoms with Gasteiger partial charge in [-0.15, -0.1) is 10.2 Å². The van der Waals surface area contributed by atoms with Crippen molar-refractivity contribution in [3.63, 3.8) is 0 Å². The Bertz CT molecular complexity index is 1290. The van der Waals surface area contributed by atoms with Crippen molar-refractivity contribution in [1.82, 2.24) is 31.1 Å². The van der Waals surface area contributed by atoms with Crippen LogP contribution < -0.4 is 20.3 Å². The molecule has 0 radical (unpaired) electrons. The second-order valence-electron chi connectivity index (χ2n) is 7.16. The third-order valence-corrected chi connectivity index (χ3v) is 4.96. The zero-order valence-electron chi connectivity index (χ0n) is 18.6. The number of hydrazine groups is 1. The van der Waals surface area contributed by atoms with Crippen LogP contribution >= 0.6 is 0 Å². The summed E-state index contributed by atoms with van der Waals surface area (Å²) in [7, 11) is 2.91. The van der Waals surface area contributed by atoms with Gasteiger partial charge in [0.1, 0.15) is 0 Å². The van der Waals surface area contributed by atoms with Gasteiger partial charge in [-0.2, -0.15) is 4.80 Å². The zero-order valence-corrected chi connectivity index (χ0v) is 18.6. The number of methoxy groups -OCH3 is 2. The van der Waals surface area contributed by atoms with Crippen LogP contribution in [0.2, 0.25) is 0 Å². The fraction of sp³-hybridized carbons (Fsp3) is 0.125. The van der Waals surface area contributed by atoms with Crippen LogP contribution in [-0.2, 0) is 6.54 Å². The highest BCUT2D eigenvalue weighted by Crippen LogP contribution is 2.30. The van der Waals surface area contributed by atoms with E-state index in [9.17, 15) is 9.59 Å². The topological polar surface area (TPSA) is 120 Å². The van der Waals surface area contributed by atoms with E-state index in [1.54, 1.807) is 42.5 Å². The summed E-state index contributed by atoms with van der Waals surface area (Å²) in [5, 5.41) is 12.5. The van der Waals surface area contributed by atoms with E-state index in [2.05, 4.69) is 26.3 Å². The van der Waals surface area contributed by atoms with Gasteiger partial charge in [0, 0.05) is 11.1 Å². The van der Waals surface area contributed by atoms with E-state index in [1.807, 2.05) is 30.3 Å². The molecular weight excluding hydrogens is 436 g/mol. The van der Waals surface area contributed by atoms with Crippen LogP contribution in [-0.4, -0.2) is 46.2 Å². The molecule has 0 bridgehead atoms. The Balaban J connectivity index is 1.36. The van der Waals surface area contributed by atoms with Crippen molar-refractivity contribution in [3.8, 4) is 22.9 Å². The van der Waals surface area contributed by atoms with Crippen LogP contribution in [0.5, 0.6) is 11.5 Å². The summed E-state index contributed by atoms with van der Waals surface area (Å²) in [6, 6.07) is 21.3. The summed E-state index contributed by atoms with van der Waals surface area (Å²) in [6.07, 6.45) is 0. The number of rotatable bonds is 7. The van der Waals surface area contributed by atoms with Crippen LogP contribution in [0.3, 0.4) is 0 Å². The van der Waals surface area contributed by atoms with Gasteiger partial charge in [0.2, 0.25) is 5.82 Å². The van der Waals surface area contributed by atoms with Crippen molar-refractivity contribution in [2.24, 2.45) is 0 Å². The third-order valence-electron chi connectivity index (χ3n) is 4.96. The molecule has 4 aromatic rings. The third kappa shape index (κ3) is 5.01. The van der Waals surface area contributed by atoms with E-state index in [-0.39, 0.29) is 11.3 Å². The quantitative estimate of drug-likeness (QED) is 0.408. The molecule has 0 saturated carbocycles. The highest BCUT2D eigenvalue weighted by molar-refractivity contribution is 6.01. The number of amides is 2. The number of benzene rings is 3. The second-order valence-corrected chi connectivity index (χ2v) is 7.16. The Labute approximate surface area is 195 Å². The molecule has 0 aliphatic rings. The first-order valence-electron chi connectivity index (χ1n) is 10.3. The van der Waals surface area contributed by atoms with E-state index >= 15 is 0 Å². The molecule has 0 atom stereocenters. The highest BCUT2D eigenvalue weighted by atomic mass is 16.5. The van der Waals surface area contributed by atoms with Crippen LogP contribution in [0.15, 0.2) is 72.8 Å². The van der Waals surface area contributed by atoms with Gasteiger partial charge >= 0.3 is 0 Å². The van der Waals surface area contributed by atoms with Gasteiger partial charge in [0.25, 0.3) is 11.8 Å². The van der Waals surface area contributed by atoms with E-state index in [0.29, 0.717) is 23.7 Å². The Morgan fingerprint density at radius 2 is 1.59 bits per heavy atom. The van der Waals surface area contributed by atoms with E-state index in [1.165, 1.54) is 19.0 Å². The number of carbonyl (C=O) groups excluding carboxylic acids is 2. The lowest BCUT2D eigenvalue weighted by atomic mass is 10.1. The first-order valence-corrected chi connectivity index (χ1v) is 10.3. The number of para-hydroxylation sites is 1. The van der Waals surface area contributed by atoms with Gasteiger partial charge in [0.15, 0.2) is 11.5 Å². The number of nitrogens with zero attached hydrogens (tertiary/aromatic N) is 4. The molecule has 10 heteroatoms. The number of tetrazole rings is 1. The molecule has 2 N–H and O–H groups in total. The predicted octanol–water partition coefficient (Wildman–Crippen LogP) is 2.48. The number of hydrogen-bond donors (Lipinski definition) is 2. The van der Waals surface area contributed by atoms with Gasteiger partial charge in [-0.1, -0.05) is 48.5 Å². The summed E-state index contributed by atoms with van der Waals surface area (Å²) in [4.78, 5) is 26.5. The van der Waals surface area contributed by atoms with E-state index in [0.717, 1.165) is 11.1 Å². The van der Waals surface area contributed by atoms with Crippen molar-refractivity contribution >= 4 is 11.8 Å². The Morgan fingerprint density at radius 1 is 0.853 bits per heavy atom. The number of hydrogen-bond acceptors (Lipinski definition) is 7. The molecule has 3 aromatic carbocycles. The smallest absolute Gasteiger partial charge is 0.273 e. The molecule has 0 saturated heterocycles. The minimum absolute atomic E-state index is 0.229. The van der Waals surface area contributed by atoms with Crippen molar-refractivity contribution in [3.05, 3.63) is 89.5 Å². The molecule has 2 amide bonds. The summed E-state index contributed by atoms with van der Waals surface area (Å²) >= 11 is 0. The molecule has 0 spiro atoms. The maximum absolute atomic E-state index is 12.5. The largest absolute Gasteiger partial charge is 0.493 e. The summed E-state index contributed by atoms with van der Waals surface area (Å²) in [6.45, 7) is 0.397. The highest BCUT2D eigenvalue weighted by Gasteiger charge is 2.17. The maximum atomic E-state index is 12.5. The average molecular weight is 458 g/mol. The Morgan fingerprint density at radius 3 is 2.29 bits per heavy atom.